The van der Waals surface area contributed by atoms with Crippen LogP contribution < -0.4 is 10.4 Å². The van der Waals surface area contributed by atoms with Crippen molar-refractivity contribution >= 4 is 30.8 Å². The first kappa shape index (κ1) is 35.2. The molecule has 3 atom stereocenters. The zero-order valence-electron chi connectivity index (χ0n) is 28.2. The maximum Gasteiger partial charge on any atom is 0.410 e. The van der Waals surface area contributed by atoms with Gasteiger partial charge in [0.15, 0.2) is 0 Å². The van der Waals surface area contributed by atoms with Crippen LogP contribution >= 0.6 is 0 Å². The summed E-state index contributed by atoms with van der Waals surface area (Å²) in [6.07, 6.45) is 7.73. The largest absolute Gasteiger partial charge is 0.463 e. The number of hydrogen-bond donors (Lipinski definition) is 0. The first-order valence-corrected chi connectivity index (χ1v) is 18.7. The lowest BCUT2D eigenvalue weighted by Crippen LogP contribution is -2.68. The highest BCUT2D eigenvalue weighted by Gasteiger charge is 2.51. The molecule has 1 aliphatic heterocycles. The van der Waals surface area contributed by atoms with Gasteiger partial charge in [0.2, 0.25) is 0 Å². The van der Waals surface area contributed by atoms with E-state index in [1.54, 1.807) is 6.92 Å². The molecular weight excluding hydrogens is 591 g/mol. The Labute approximate surface area is 276 Å². The number of hydrogen-bond acceptors (Lipinski definition) is 5. The molecule has 0 aromatic heterocycles. The Hall–Kier alpha value is -3.68. The lowest BCUT2D eigenvalue weighted by atomic mass is 9.82. The standard InChI is InChI=1S/C39H51NO5Si/c1-6-8-20-32-25-26-33(30-45-46(39(3,4)5,34-21-14-10-15-22-34)35-23-16-11-17-24-35)40(36(32)27-28-37(41)43-7-2)38(42)44-29-31-18-12-9-13-19-31/h9-19,21-24,27-28,32-33,36H,6-8,20,25-26,29-30H2,1-5H3/b28-27+/t32-,33+,36+/m1/s1. The average Bonchev–Trinajstić information content (AvgIpc) is 3.06. The van der Waals surface area contributed by atoms with Crippen LogP contribution in [0.4, 0.5) is 4.79 Å². The molecule has 246 valence electrons. The Morgan fingerprint density at radius 3 is 1.98 bits per heavy atom. The number of ether oxygens (including phenoxy) is 2. The number of piperidine rings is 1. The summed E-state index contributed by atoms with van der Waals surface area (Å²) in [4.78, 5) is 28.5. The third-order valence-corrected chi connectivity index (χ3v) is 14.0. The maximum absolute atomic E-state index is 14.2. The van der Waals surface area contributed by atoms with E-state index in [9.17, 15) is 9.59 Å². The normalized spacial score (nSPS) is 18.8. The molecule has 4 rings (SSSR count). The van der Waals surface area contributed by atoms with E-state index in [1.165, 1.54) is 16.4 Å². The van der Waals surface area contributed by atoms with Gasteiger partial charge in [0, 0.05) is 6.08 Å². The zero-order valence-corrected chi connectivity index (χ0v) is 29.2. The third-order valence-electron chi connectivity index (χ3n) is 9.04. The van der Waals surface area contributed by atoms with Crippen molar-refractivity contribution in [2.45, 2.75) is 90.5 Å². The molecule has 1 aliphatic rings. The Kier molecular flexibility index (Phi) is 12.8. The van der Waals surface area contributed by atoms with Crippen LogP contribution in [-0.4, -0.2) is 50.6 Å². The van der Waals surface area contributed by atoms with Crippen molar-refractivity contribution in [2.75, 3.05) is 13.2 Å². The predicted molar refractivity (Wildman–Crippen MR) is 188 cm³/mol. The summed E-state index contributed by atoms with van der Waals surface area (Å²) in [5, 5.41) is 2.19. The van der Waals surface area contributed by atoms with E-state index in [-0.39, 0.29) is 35.7 Å². The molecule has 1 heterocycles. The number of amides is 1. The van der Waals surface area contributed by atoms with Gasteiger partial charge in [-0.05, 0) is 53.1 Å². The van der Waals surface area contributed by atoms with Gasteiger partial charge in [-0.15, -0.1) is 0 Å². The number of likely N-dealkylation sites (tertiary alicyclic amines) is 1. The molecule has 1 fully saturated rings. The fourth-order valence-electron chi connectivity index (χ4n) is 6.80. The van der Waals surface area contributed by atoms with E-state index in [4.69, 9.17) is 13.9 Å². The monoisotopic (exact) mass is 641 g/mol. The number of esters is 1. The van der Waals surface area contributed by atoms with Crippen LogP contribution in [0.2, 0.25) is 5.04 Å². The molecule has 1 saturated heterocycles. The van der Waals surface area contributed by atoms with Gasteiger partial charge in [0.05, 0.1) is 25.3 Å². The van der Waals surface area contributed by atoms with Gasteiger partial charge in [-0.2, -0.15) is 0 Å². The van der Waals surface area contributed by atoms with E-state index < -0.39 is 14.3 Å². The molecule has 0 N–H and O–H groups in total. The molecule has 0 bridgehead atoms. The fourth-order valence-corrected chi connectivity index (χ4v) is 11.4. The number of carbonyl (C=O) groups is 2. The van der Waals surface area contributed by atoms with Crippen molar-refractivity contribution < 1.29 is 23.5 Å². The fraction of sp³-hybridized carbons (Fsp3) is 0.436. The molecule has 1 amide bonds. The second-order valence-electron chi connectivity index (χ2n) is 13.2. The highest BCUT2D eigenvalue weighted by Crippen LogP contribution is 2.39. The van der Waals surface area contributed by atoms with Crippen LogP contribution in [0.5, 0.6) is 0 Å². The Balaban J connectivity index is 1.73. The molecule has 0 saturated carbocycles. The van der Waals surface area contributed by atoms with E-state index in [0.717, 1.165) is 37.7 Å². The van der Waals surface area contributed by atoms with Crippen LogP contribution in [0.25, 0.3) is 0 Å². The van der Waals surface area contributed by atoms with Crippen LogP contribution in [0.3, 0.4) is 0 Å². The molecule has 6 nitrogen and oxygen atoms in total. The number of rotatable bonds is 13. The summed E-state index contributed by atoms with van der Waals surface area (Å²) in [5.74, 6) is -0.209. The second kappa shape index (κ2) is 16.8. The number of nitrogens with zero attached hydrogens (tertiary/aromatic N) is 1. The van der Waals surface area contributed by atoms with Gasteiger partial charge in [-0.3, -0.25) is 4.90 Å². The van der Waals surface area contributed by atoms with Gasteiger partial charge in [0.1, 0.15) is 6.61 Å². The van der Waals surface area contributed by atoms with Gasteiger partial charge in [-0.1, -0.05) is 138 Å². The smallest absolute Gasteiger partial charge is 0.410 e. The number of carbonyl (C=O) groups excluding carboxylic acids is 2. The second-order valence-corrected chi connectivity index (χ2v) is 17.5. The maximum atomic E-state index is 14.2. The van der Waals surface area contributed by atoms with Crippen molar-refractivity contribution in [2.24, 2.45) is 5.92 Å². The Morgan fingerprint density at radius 2 is 1.43 bits per heavy atom. The van der Waals surface area contributed by atoms with E-state index in [1.807, 2.05) is 53.4 Å². The van der Waals surface area contributed by atoms with Crippen LogP contribution in [-0.2, 0) is 25.3 Å². The van der Waals surface area contributed by atoms with Crippen molar-refractivity contribution in [1.82, 2.24) is 4.90 Å². The summed E-state index contributed by atoms with van der Waals surface area (Å²) in [6, 6.07) is 30.3. The van der Waals surface area contributed by atoms with Crippen molar-refractivity contribution in [3.63, 3.8) is 0 Å². The van der Waals surface area contributed by atoms with E-state index in [2.05, 4.69) is 76.2 Å². The molecule has 7 heteroatoms. The van der Waals surface area contributed by atoms with Gasteiger partial charge in [-0.25, -0.2) is 9.59 Å². The molecular formula is C39H51NO5Si. The lowest BCUT2D eigenvalue weighted by molar-refractivity contribution is -0.137. The highest BCUT2D eigenvalue weighted by atomic mass is 28.4. The van der Waals surface area contributed by atoms with Crippen molar-refractivity contribution in [1.29, 1.82) is 0 Å². The summed E-state index contributed by atoms with van der Waals surface area (Å²) in [6.45, 7) is 11.6. The summed E-state index contributed by atoms with van der Waals surface area (Å²) in [5.41, 5.74) is 0.925. The molecule has 0 aliphatic carbocycles. The van der Waals surface area contributed by atoms with Crippen LogP contribution in [0.15, 0.2) is 103 Å². The Bertz CT molecular complexity index is 1350. The Morgan fingerprint density at radius 1 is 0.848 bits per heavy atom. The predicted octanol–water partition coefficient (Wildman–Crippen LogP) is 7.66. The topological polar surface area (TPSA) is 65.1 Å². The van der Waals surface area contributed by atoms with Gasteiger partial charge in [0.25, 0.3) is 8.32 Å². The summed E-state index contributed by atoms with van der Waals surface area (Å²) < 4.78 is 18.6. The number of benzene rings is 3. The molecule has 46 heavy (non-hydrogen) atoms. The first-order valence-electron chi connectivity index (χ1n) is 16.8. The van der Waals surface area contributed by atoms with E-state index in [0.29, 0.717) is 13.2 Å². The molecule has 3 aromatic carbocycles. The summed E-state index contributed by atoms with van der Waals surface area (Å²) >= 11 is 0. The molecule has 0 unspecified atom stereocenters. The average molecular weight is 642 g/mol. The first-order chi connectivity index (χ1) is 22.2. The minimum Gasteiger partial charge on any atom is -0.463 e. The van der Waals surface area contributed by atoms with Crippen molar-refractivity contribution in [3.05, 3.63) is 109 Å². The lowest BCUT2D eigenvalue weighted by Gasteiger charge is -2.48. The molecule has 0 spiro atoms. The highest BCUT2D eigenvalue weighted by molar-refractivity contribution is 6.99. The SMILES string of the molecule is CCCC[C@@H]1CC[C@@H](CO[Si](c2ccccc2)(c2ccccc2)C(C)(C)C)N(C(=O)OCc2ccccc2)[C@H]1/C=C/C(=O)OCC. The van der Waals surface area contributed by atoms with Crippen molar-refractivity contribution in [3.8, 4) is 0 Å². The van der Waals surface area contributed by atoms with Crippen LogP contribution in [0.1, 0.15) is 72.3 Å². The zero-order chi connectivity index (χ0) is 33.0. The van der Waals surface area contributed by atoms with E-state index >= 15 is 0 Å². The summed E-state index contributed by atoms with van der Waals surface area (Å²) in [7, 11) is -2.85. The molecule has 0 radical (unpaired) electrons. The van der Waals surface area contributed by atoms with Crippen LogP contribution in [0, 0.1) is 5.92 Å². The quantitative estimate of drug-likeness (QED) is 0.109. The van der Waals surface area contributed by atoms with Gasteiger partial charge >= 0.3 is 12.1 Å². The molecule has 3 aromatic rings. The third kappa shape index (κ3) is 8.56. The van der Waals surface area contributed by atoms with Gasteiger partial charge < -0.3 is 13.9 Å². The number of unbranched alkanes of at least 4 members (excludes halogenated alkanes) is 1. The minimum absolute atomic E-state index is 0.173. The minimum atomic E-state index is -2.85.